The third-order valence-corrected chi connectivity index (χ3v) is 3.86. The zero-order chi connectivity index (χ0) is 21.7. The number of esters is 2. The number of nitrogens with one attached hydrogen (secondary N) is 1. The molecule has 0 atom stereocenters. The van der Waals surface area contributed by atoms with E-state index in [-0.39, 0.29) is 40.7 Å². The van der Waals surface area contributed by atoms with Crippen LogP contribution in [0.2, 0.25) is 0 Å². The highest BCUT2D eigenvalue weighted by atomic mass is 16.5. The van der Waals surface area contributed by atoms with Gasteiger partial charge in [0.1, 0.15) is 28.2 Å². The molecule has 0 spiro atoms. The van der Waals surface area contributed by atoms with Gasteiger partial charge in [0.25, 0.3) is 11.8 Å². The number of carbonyl (C=O) groups is 4. The summed E-state index contributed by atoms with van der Waals surface area (Å²) in [6.07, 6.45) is 0. The highest BCUT2D eigenvalue weighted by molar-refractivity contribution is 6.10. The summed E-state index contributed by atoms with van der Waals surface area (Å²) < 4.78 is 15.0. The first-order chi connectivity index (χ1) is 13.7. The number of rotatable bonds is 7. The fourth-order valence-corrected chi connectivity index (χ4v) is 2.51. The van der Waals surface area contributed by atoms with Crippen LogP contribution in [-0.4, -0.2) is 42.1 Å². The molecule has 0 bridgehead atoms. The Balaban J connectivity index is 2.14. The minimum atomic E-state index is -1.01. The summed E-state index contributed by atoms with van der Waals surface area (Å²) in [5, 5.41) is 12.1. The molecule has 10 nitrogen and oxygen atoms in total. The Morgan fingerprint density at radius 2 is 1.79 bits per heavy atom. The molecule has 10 heteroatoms. The molecule has 0 saturated carbocycles. The van der Waals surface area contributed by atoms with Gasteiger partial charge in [-0.1, -0.05) is 12.1 Å². The molecule has 2 amide bonds. The van der Waals surface area contributed by atoms with Crippen molar-refractivity contribution in [1.29, 1.82) is 0 Å². The van der Waals surface area contributed by atoms with E-state index in [1.165, 1.54) is 13.0 Å². The van der Waals surface area contributed by atoms with Gasteiger partial charge in [-0.3, -0.25) is 14.9 Å². The monoisotopic (exact) mass is 404 g/mol. The van der Waals surface area contributed by atoms with Gasteiger partial charge in [0, 0.05) is 0 Å². The summed E-state index contributed by atoms with van der Waals surface area (Å²) in [7, 11) is 0. The topological polar surface area (TPSA) is 158 Å². The molecule has 1 heterocycles. The maximum absolute atomic E-state index is 12.1. The van der Waals surface area contributed by atoms with Crippen LogP contribution in [0.5, 0.6) is 5.75 Å². The summed E-state index contributed by atoms with van der Waals surface area (Å²) in [6, 6.07) is 4.49. The number of phenols is 1. The number of para-hydroxylation sites is 1. The van der Waals surface area contributed by atoms with Crippen molar-refractivity contribution >= 4 is 29.6 Å². The molecule has 0 unspecified atom stereocenters. The number of hydrogen-bond donors (Lipinski definition) is 3. The predicted molar refractivity (Wildman–Crippen MR) is 99.7 cm³/mol. The van der Waals surface area contributed by atoms with Crippen molar-refractivity contribution in [2.45, 2.75) is 20.8 Å². The Labute approximate surface area is 165 Å². The van der Waals surface area contributed by atoms with Gasteiger partial charge in [-0.15, -0.1) is 0 Å². The maximum Gasteiger partial charge on any atom is 0.342 e. The molecule has 2 aromatic rings. The lowest BCUT2D eigenvalue weighted by Crippen LogP contribution is -2.23. The van der Waals surface area contributed by atoms with Gasteiger partial charge in [-0.25, -0.2) is 9.59 Å². The van der Waals surface area contributed by atoms with E-state index in [9.17, 15) is 24.3 Å². The molecule has 0 radical (unpaired) electrons. The smallest absolute Gasteiger partial charge is 0.342 e. The Hall–Kier alpha value is -3.82. The summed E-state index contributed by atoms with van der Waals surface area (Å²) in [4.78, 5) is 47.9. The van der Waals surface area contributed by atoms with Crippen molar-refractivity contribution in [3.8, 4) is 5.75 Å². The van der Waals surface area contributed by atoms with E-state index in [2.05, 4.69) is 5.32 Å². The van der Waals surface area contributed by atoms with Crippen molar-refractivity contribution in [2.24, 2.45) is 5.73 Å². The molecule has 29 heavy (non-hydrogen) atoms. The van der Waals surface area contributed by atoms with Crippen molar-refractivity contribution < 1.29 is 38.2 Å². The van der Waals surface area contributed by atoms with Gasteiger partial charge < -0.3 is 24.7 Å². The van der Waals surface area contributed by atoms with Crippen LogP contribution in [0, 0.1) is 13.8 Å². The van der Waals surface area contributed by atoms with E-state index in [1.807, 2.05) is 0 Å². The van der Waals surface area contributed by atoms with Gasteiger partial charge in [0.15, 0.2) is 6.61 Å². The third-order valence-electron chi connectivity index (χ3n) is 3.86. The molecule has 4 N–H and O–H groups in total. The van der Waals surface area contributed by atoms with E-state index in [0.717, 1.165) is 0 Å². The summed E-state index contributed by atoms with van der Waals surface area (Å²) in [6.45, 7) is 3.91. The molecule has 0 aliphatic carbocycles. The summed E-state index contributed by atoms with van der Waals surface area (Å²) in [5.74, 6) is -4.20. The van der Waals surface area contributed by atoms with Crippen LogP contribution in [0.25, 0.3) is 0 Å². The zero-order valence-electron chi connectivity index (χ0n) is 16.0. The first-order valence-electron chi connectivity index (χ1n) is 8.53. The number of ether oxygens (including phenoxy) is 2. The average Bonchev–Trinajstić information content (AvgIpc) is 2.98. The van der Waals surface area contributed by atoms with Gasteiger partial charge in [-0.2, -0.15) is 0 Å². The van der Waals surface area contributed by atoms with Crippen LogP contribution in [0.1, 0.15) is 49.3 Å². The molecule has 1 aromatic carbocycles. The number of nitrogens with two attached hydrogens (primary N) is 1. The van der Waals surface area contributed by atoms with E-state index < -0.39 is 30.4 Å². The van der Waals surface area contributed by atoms with Crippen molar-refractivity contribution in [3.63, 3.8) is 0 Å². The predicted octanol–water partition coefficient (Wildman–Crippen LogP) is 1.67. The molecule has 0 saturated heterocycles. The molecule has 0 fully saturated rings. The molecule has 2 rings (SSSR count). The lowest BCUT2D eigenvalue weighted by molar-refractivity contribution is -0.119. The number of hydrogen-bond acceptors (Lipinski definition) is 8. The molecule has 154 valence electrons. The Bertz CT molecular complexity index is 977. The van der Waals surface area contributed by atoms with E-state index in [4.69, 9.17) is 19.6 Å². The second-order valence-electron chi connectivity index (χ2n) is 5.92. The van der Waals surface area contributed by atoms with Crippen molar-refractivity contribution in [1.82, 2.24) is 0 Å². The van der Waals surface area contributed by atoms with Crippen LogP contribution < -0.4 is 11.1 Å². The highest BCUT2D eigenvalue weighted by Gasteiger charge is 2.29. The number of aromatic hydroxyl groups is 1. The van der Waals surface area contributed by atoms with Gasteiger partial charge in [-0.05, 0) is 32.4 Å². The van der Waals surface area contributed by atoms with Crippen molar-refractivity contribution in [3.05, 3.63) is 46.2 Å². The van der Waals surface area contributed by atoms with Gasteiger partial charge in [0.2, 0.25) is 5.88 Å². The number of primary amides is 1. The summed E-state index contributed by atoms with van der Waals surface area (Å²) in [5.41, 5.74) is 5.11. The number of aryl methyl sites for hydroxylation is 2. The minimum absolute atomic E-state index is 0.0224. The molecular formula is C19H20N2O8. The summed E-state index contributed by atoms with van der Waals surface area (Å²) >= 11 is 0. The highest BCUT2D eigenvalue weighted by Crippen LogP contribution is 2.28. The third kappa shape index (κ3) is 4.72. The Kier molecular flexibility index (Phi) is 6.60. The van der Waals surface area contributed by atoms with Crippen LogP contribution in [0.3, 0.4) is 0 Å². The van der Waals surface area contributed by atoms with Crippen LogP contribution >= 0.6 is 0 Å². The second-order valence-corrected chi connectivity index (χ2v) is 5.92. The lowest BCUT2D eigenvalue weighted by atomic mass is 10.1. The van der Waals surface area contributed by atoms with Crippen LogP contribution in [0.4, 0.5) is 5.88 Å². The maximum atomic E-state index is 12.1. The fourth-order valence-electron chi connectivity index (χ4n) is 2.51. The zero-order valence-corrected chi connectivity index (χ0v) is 16.0. The van der Waals surface area contributed by atoms with Gasteiger partial charge >= 0.3 is 11.9 Å². The molecular weight excluding hydrogens is 384 g/mol. The van der Waals surface area contributed by atoms with E-state index in [1.54, 1.807) is 26.0 Å². The first kappa shape index (κ1) is 21.5. The second kappa shape index (κ2) is 8.91. The standard InChI is InChI=1S/C19H20N2O8/c1-4-27-19(26)13-10(3)29-17(14(13)16(20)24)21-12(22)8-28-18(25)11-7-5-6-9(2)15(11)23/h5-7,23H,4,8H2,1-3H3,(H2,20,24)(H,21,22). The number of anilines is 1. The SMILES string of the molecule is CCOC(=O)c1c(C)oc(NC(=O)COC(=O)c2cccc(C)c2O)c1C(N)=O. The Morgan fingerprint density at radius 1 is 1.10 bits per heavy atom. The minimum Gasteiger partial charge on any atom is -0.507 e. The average molecular weight is 404 g/mol. The number of phenolic OH excluding ortho intramolecular Hbond substituents is 1. The number of benzene rings is 1. The number of carbonyl (C=O) groups excluding carboxylic acids is 4. The molecule has 0 aliphatic rings. The lowest BCUT2D eigenvalue weighted by Gasteiger charge is -2.08. The van der Waals surface area contributed by atoms with Crippen LogP contribution in [0.15, 0.2) is 22.6 Å². The van der Waals surface area contributed by atoms with Gasteiger partial charge in [0.05, 0.1) is 6.61 Å². The number of furan rings is 1. The van der Waals surface area contributed by atoms with Crippen molar-refractivity contribution in [2.75, 3.05) is 18.5 Å². The molecule has 0 aliphatic heterocycles. The van der Waals surface area contributed by atoms with Crippen LogP contribution in [-0.2, 0) is 14.3 Å². The Morgan fingerprint density at radius 3 is 2.41 bits per heavy atom. The van der Waals surface area contributed by atoms with E-state index in [0.29, 0.717) is 5.56 Å². The number of amides is 2. The fraction of sp³-hybridized carbons (Fsp3) is 0.263. The van der Waals surface area contributed by atoms with E-state index >= 15 is 0 Å². The normalized spacial score (nSPS) is 10.3. The largest absolute Gasteiger partial charge is 0.507 e. The first-order valence-corrected chi connectivity index (χ1v) is 8.53. The quantitative estimate of drug-likeness (QED) is 0.588. The molecule has 1 aromatic heterocycles.